The summed E-state index contributed by atoms with van der Waals surface area (Å²) in [5, 5.41) is 4.11. The van der Waals surface area contributed by atoms with Gasteiger partial charge >= 0.3 is 0 Å². The summed E-state index contributed by atoms with van der Waals surface area (Å²) in [6.45, 7) is 4.04. The van der Waals surface area contributed by atoms with Crippen LogP contribution in [0.3, 0.4) is 0 Å². The van der Waals surface area contributed by atoms with Gasteiger partial charge in [-0.2, -0.15) is 0 Å². The van der Waals surface area contributed by atoms with E-state index in [1.165, 1.54) is 5.56 Å². The van der Waals surface area contributed by atoms with Crippen molar-refractivity contribution in [3.63, 3.8) is 0 Å². The lowest BCUT2D eigenvalue weighted by molar-refractivity contribution is -0.133. The molecule has 16 heavy (non-hydrogen) atoms. The summed E-state index contributed by atoms with van der Waals surface area (Å²) in [7, 11) is 0. The standard InChI is InChI=1S/C12H16ClNO2/c1-9-2-3-10(13)6-12(9)14-7-11-4-5-15-8-16-11/h2-3,6,11,14H,4-5,7-8H2,1H3. The van der Waals surface area contributed by atoms with Crippen molar-refractivity contribution in [1.82, 2.24) is 0 Å². The van der Waals surface area contributed by atoms with Gasteiger partial charge in [-0.05, 0) is 31.0 Å². The van der Waals surface area contributed by atoms with Gasteiger partial charge in [0.15, 0.2) is 0 Å². The van der Waals surface area contributed by atoms with E-state index in [0.29, 0.717) is 6.79 Å². The number of rotatable bonds is 3. The number of hydrogen-bond acceptors (Lipinski definition) is 3. The predicted octanol–water partition coefficient (Wildman–Crippen LogP) is 2.82. The first-order chi connectivity index (χ1) is 7.75. The molecule has 0 bridgehead atoms. The van der Waals surface area contributed by atoms with E-state index in [1.807, 2.05) is 18.2 Å². The molecule has 1 aromatic rings. The van der Waals surface area contributed by atoms with Crippen LogP contribution in [-0.4, -0.2) is 26.0 Å². The number of aryl methyl sites for hydroxylation is 1. The van der Waals surface area contributed by atoms with Crippen LogP contribution in [0.5, 0.6) is 0 Å². The molecule has 3 nitrogen and oxygen atoms in total. The normalized spacial score (nSPS) is 20.8. The minimum Gasteiger partial charge on any atom is -0.382 e. The Morgan fingerprint density at radius 1 is 1.50 bits per heavy atom. The molecule has 1 saturated heterocycles. The summed E-state index contributed by atoms with van der Waals surface area (Å²) in [6, 6.07) is 5.85. The molecule has 1 fully saturated rings. The van der Waals surface area contributed by atoms with Gasteiger partial charge in [-0.3, -0.25) is 0 Å². The zero-order valence-corrected chi connectivity index (χ0v) is 10.1. The van der Waals surface area contributed by atoms with Crippen LogP contribution in [0.4, 0.5) is 5.69 Å². The minimum atomic E-state index is 0.229. The van der Waals surface area contributed by atoms with Crippen molar-refractivity contribution in [3.05, 3.63) is 28.8 Å². The fourth-order valence-corrected chi connectivity index (χ4v) is 1.84. The molecule has 0 aliphatic carbocycles. The van der Waals surface area contributed by atoms with Crippen LogP contribution in [0.25, 0.3) is 0 Å². The van der Waals surface area contributed by atoms with Crippen LogP contribution in [0.1, 0.15) is 12.0 Å². The van der Waals surface area contributed by atoms with E-state index in [9.17, 15) is 0 Å². The molecule has 0 aromatic heterocycles. The smallest absolute Gasteiger partial charge is 0.147 e. The molecule has 1 aliphatic rings. The Morgan fingerprint density at radius 3 is 3.12 bits per heavy atom. The maximum absolute atomic E-state index is 5.95. The molecule has 1 aliphatic heterocycles. The lowest BCUT2D eigenvalue weighted by atomic mass is 10.2. The van der Waals surface area contributed by atoms with E-state index in [1.54, 1.807) is 0 Å². The van der Waals surface area contributed by atoms with E-state index < -0.39 is 0 Å². The van der Waals surface area contributed by atoms with Crippen LogP contribution < -0.4 is 5.32 Å². The third kappa shape index (κ3) is 3.11. The van der Waals surface area contributed by atoms with Crippen LogP contribution in [0, 0.1) is 6.92 Å². The molecule has 0 spiro atoms. The predicted molar refractivity (Wildman–Crippen MR) is 65.0 cm³/mol. The summed E-state index contributed by atoms with van der Waals surface area (Å²) >= 11 is 5.95. The maximum atomic E-state index is 5.95. The van der Waals surface area contributed by atoms with Gasteiger partial charge in [0, 0.05) is 17.3 Å². The topological polar surface area (TPSA) is 30.5 Å². The number of ether oxygens (including phenoxy) is 2. The van der Waals surface area contributed by atoms with Crippen molar-refractivity contribution in [2.75, 3.05) is 25.3 Å². The zero-order valence-electron chi connectivity index (χ0n) is 9.33. The average Bonchev–Trinajstić information content (AvgIpc) is 2.32. The largest absolute Gasteiger partial charge is 0.382 e. The summed E-state index contributed by atoms with van der Waals surface area (Å²) in [6.07, 6.45) is 1.17. The zero-order chi connectivity index (χ0) is 11.4. The summed E-state index contributed by atoms with van der Waals surface area (Å²) in [4.78, 5) is 0. The molecule has 1 unspecified atom stereocenters. The van der Waals surface area contributed by atoms with Crippen LogP contribution in [0.15, 0.2) is 18.2 Å². The number of benzene rings is 1. The molecule has 1 heterocycles. The second-order valence-electron chi connectivity index (χ2n) is 3.94. The highest BCUT2D eigenvalue weighted by Crippen LogP contribution is 2.20. The van der Waals surface area contributed by atoms with Gasteiger partial charge in [-0.25, -0.2) is 0 Å². The Balaban J connectivity index is 1.90. The van der Waals surface area contributed by atoms with Crippen molar-refractivity contribution >= 4 is 17.3 Å². The lowest BCUT2D eigenvalue weighted by Gasteiger charge is -2.23. The molecular formula is C12H16ClNO2. The number of halogens is 1. The summed E-state index contributed by atoms with van der Waals surface area (Å²) in [5.74, 6) is 0. The minimum absolute atomic E-state index is 0.229. The summed E-state index contributed by atoms with van der Waals surface area (Å²) < 4.78 is 10.6. The van der Waals surface area contributed by atoms with E-state index in [4.69, 9.17) is 21.1 Å². The van der Waals surface area contributed by atoms with Crippen molar-refractivity contribution in [1.29, 1.82) is 0 Å². The Hall–Kier alpha value is -0.770. The molecule has 2 rings (SSSR count). The molecule has 4 heteroatoms. The first-order valence-electron chi connectivity index (χ1n) is 5.45. The highest BCUT2D eigenvalue weighted by atomic mass is 35.5. The van der Waals surface area contributed by atoms with E-state index in [0.717, 1.165) is 30.3 Å². The van der Waals surface area contributed by atoms with Crippen molar-refractivity contribution in [2.45, 2.75) is 19.4 Å². The molecule has 0 saturated carbocycles. The van der Waals surface area contributed by atoms with Crippen molar-refractivity contribution < 1.29 is 9.47 Å². The molecule has 1 aromatic carbocycles. The molecule has 0 radical (unpaired) electrons. The molecule has 88 valence electrons. The van der Waals surface area contributed by atoms with Gasteiger partial charge in [-0.1, -0.05) is 17.7 Å². The van der Waals surface area contributed by atoms with Gasteiger partial charge < -0.3 is 14.8 Å². The Kier molecular flexibility index (Phi) is 4.04. The molecule has 0 amide bonds. The van der Waals surface area contributed by atoms with Gasteiger partial charge in [0.1, 0.15) is 6.79 Å². The second kappa shape index (κ2) is 5.53. The number of nitrogens with one attached hydrogen (secondary N) is 1. The highest BCUT2D eigenvalue weighted by Gasteiger charge is 2.13. The Labute approximate surface area is 101 Å². The van der Waals surface area contributed by atoms with Gasteiger partial charge in [-0.15, -0.1) is 0 Å². The third-order valence-corrected chi connectivity index (χ3v) is 2.93. The van der Waals surface area contributed by atoms with Gasteiger partial charge in [0.25, 0.3) is 0 Å². The van der Waals surface area contributed by atoms with E-state index >= 15 is 0 Å². The number of hydrogen-bond donors (Lipinski definition) is 1. The van der Waals surface area contributed by atoms with E-state index in [-0.39, 0.29) is 6.10 Å². The second-order valence-corrected chi connectivity index (χ2v) is 4.38. The number of anilines is 1. The molecule has 1 atom stereocenters. The Morgan fingerprint density at radius 2 is 2.38 bits per heavy atom. The van der Waals surface area contributed by atoms with Crippen molar-refractivity contribution in [2.24, 2.45) is 0 Å². The quantitative estimate of drug-likeness (QED) is 0.883. The van der Waals surface area contributed by atoms with Crippen LogP contribution in [0.2, 0.25) is 5.02 Å². The first-order valence-corrected chi connectivity index (χ1v) is 5.83. The van der Waals surface area contributed by atoms with Crippen LogP contribution in [-0.2, 0) is 9.47 Å². The summed E-state index contributed by atoms with van der Waals surface area (Å²) in [5.41, 5.74) is 2.26. The first kappa shape index (κ1) is 11.7. The highest BCUT2D eigenvalue weighted by molar-refractivity contribution is 6.30. The fraction of sp³-hybridized carbons (Fsp3) is 0.500. The van der Waals surface area contributed by atoms with Gasteiger partial charge in [0.05, 0.1) is 12.7 Å². The van der Waals surface area contributed by atoms with Gasteiger partial charge in [0.2, 0.25) is 0 Å². The SMILES string of the molecule is Cc1ccc(Cl)cc1NCC1CCOCO1. The average molecular weight is 242 g/mol. The fourth-order valence-electron chi connectivity index (χ4n) is 1.67. The third-order valence-electron chi connectivity index (χ3n) is 2.69. The molecular weight excluding hydrogens is 226 g/mol. The lowest BCUT2D eigenvalue weighted by Crippen LogP contribution is -2.30. The Bertz CT molecular complexity index is 351. The molecule has 1 N–H and O–H groups in total. The van der Waals surface area contributed by atoms with E-state index in [2.05, 4.69) is 12.2 Å². The van der Waals surface area contributed by atoms with Crippen molar-refractivity contribution in [3.8, 4) is 0 Å². The van der Waals surface area contributed by atoms with Crippen LogP contribution >= 0.6 is 11.6 Å². The maximum Gasteiger partial charge on any atom is 0.147 e. The monoisotopic (exact) mass is 241 g/mol.